The standard InChI is InChI=1S/C19H24F2N2O3S/c1-13-9-16(10-14(2)18(13)26-19(20)21)12-22-11-15-5-7-17(8-6-15)27(24,25)23(3)4/h5-10,19,22H,11-12H2,1-4H3. The fraction of sp³-hybridized carbons (Fsp3) is 0.368. The molecule has 0 unspecified atom stereocenters. The number of hydrogen-bond donors (Lipinski definition) is 1. The summed E-state index contributed by atoms with van der Waals surface area (Å²) in [7, 11) is -0.447. The van der Waals surface area contributed by atoms with E-state index in [2.05, 4.69) is 10.1 Å². The quantitative estimate of drug-likeness (QED) is 0.740. The van der Waals surface area contributed by atoms with Crippen LogP contribution in [0.2, 0.25) is 0 Å². The Labute approximate surface area is 159 Å². The Morgan fingerprint density at radius 2 is 1.52 bits per heavy atom. The van der Waals surface area contributed by atoms with Crippen molar-refractivity contribution in [3.63, 3.8) is 0 Å². The number of rotatable bonds is 8. The number of aryl methyl sites for hydroxylation is 2. The molecule has 0 aliphatic carbocycles. The zero-order chi connectivity index (χ0) is 20.2. The lowest BCUT2D eigenvalue weighted by atomic mass is 10.1. The monoisotopic (exact) mass is 398 g/mol. The van der Waals surface area contributed by atoms with Gasteiger partial charge in [0.2, 0.25) is 10.0 Å². The van der Waals surface area contributed by atoms with Crippen LogP contribution in [0.3, 0.4) is 0 Å². The Kier molecular flexibility index (Phi) is 6.91. The predicted octanol–water partition coefficient (Wildman–Crippen LogP) is 3.44. The number of benzene rings is 2. The summed E-state index contributed by atoms with van der Waals surface area (Å²) < 4.78 is 54.7. The molecule has 0 aromatic heterocycles. The molecule has 1 N–H and O–H groups in total. The number of nitrogens with one attached hydrogen (secondary N) is 1. The summed E-state index contributed by atoms with van der Waals surface area (Å²) in [5, 5.41) is 3.26. The van der Waals surface area contributed by atoms with Gasteiger partial charge in [-0.1, -0.05) is 24.3 Å². The maximum Gasteiger partial charge on any atom is 0.387 e. The smallest absolute Gasteiger partial charge is 0.387 e. The Bertz CT molecular complexity index is 859. The largest absolute Gasteiger partial charge is 0.434 e. The SMILES string of the molecule is Cc1cc(CNCc2ccc(S(=O)(=O)N(C)C)cc2)cc(C)c1OC(F)F. The molecule has 0 atom stereocenters. The van der Waals surface area contributed by atoms with Crippen molar-refractivity contribution < 1.29 is 21.9 Å². The minimum absolute atomic E-state index is 0.214. The van der Waals surface area contributed by atoms with Gasteiger partial charge in [-0.3, -0.25) is 0 Å². The zero-order valence-corrected chi connectivity index (χ0v) is 16.6. The van der Waals surface area contributed by atoms with Crippen LogP contribution in [0.25, 0.3) is 0 Å². The van der Waals surface area contributed by atoms with Gasteiger partial charge < -0.3 is 10.1 Å². The summed E-state index contributed by atoms with van der Waals surface area (Å²) in [4.78, 5) is 0.247. The van der Waals surface area contributed by atoms with Gasteiger partial charge in [0.1, 0.15) is 5.75 Å². The highest BCUT2D eigenvalue weighted by atomic mass is 32.2. The van der Waals surface area contributed by atoms with Crippen LogP contribution in [0.4, 0.5) is 8.78 Å². The minimum Gasteiger partial charge on any atom is -0.434 e. The van der Waals surface area contributed by atoms with Crippen LogP contribution in [0.15, 0.2) is 41.3 Å². The van der Waals surface area contributed by atoms with Gasteiger partial charge in [-0.25, -0.2) is 12.7 Å². The second-order valence-corrected chi connectivity index (χ2v) is 8.62. The molecule has 2 aromatic rings. The molecule has 0 spiro atoms. The van der Waals surface area contributed by atoms with Gasteiger partial charge in [-0.05, 0) is 48.2 Å². The first-order valence-electron chi connectivity index (χ1n) is 8.38. The predicted molar refractivity (Wildman–Crippen MR) is 100 cm³/mol. The Morgan fingerprint density at radius 1 is 1.00 bits per heavy atom. The van der Waals surface area contributed by atoms with Gasteiger partial charge in [0, 0.05) is 27.2 Å². The first kappa shape index (κ1) is 21.3. The molecule has 0 radical (unpaired) electrons. The lowest BCUT2D eigenvalue weighted by molar-refractivity contribution is -0.0507. The molecule has 0 bridgehead atoms. The van der Waals surface area contributed by atoms with Crippen LogP contribution in [0.5, 0.6) is 5.75 Å². The van der Waals surface area contributed by atoms with Crippen LogP contribution in [0.1, 0.15) is 22.3 Å². The topological polar surface area (TPSA) is 58.6 Å². The summed E-state index contributed by atoms with van der Waals surface area (Å²) in [6.45, 7) is 1.73. The number of alkyl halides is 2. The van der Waals surface area contributed by atoms with Gasteiger partial charge in [0.25, 0.3) is 0 Å². The lowest BCUT2D eigenvalue weighted by Gasteiger charge is -2.14. The fourth-order valence-corrected chi connectivity index (χ4v) is 3.66. The average Bonchev–Trinajstić information content (AvgIpc) is 2.58. The van der Waals surface area contributed by atoms with Crippen molar-refractivity contribution in [3.8, 4) is 5.75 Å². The molecule has 0 saturated heterocycles. The molecule has 0 aliphatic rings. The second-order valence-electron chi connectivity index (χ2n) is 6.47. The highest BCUT2D eigenvalue weighted by Crippen LogP contribution is 2.26. The fourth-order valence-electron chi connectivity index (χ4n) is 2.76. The van der Waals surface area contributed by atoms with Crippen LogP contribution in [-0.2, 0) is 23.1 Å². The summed E-state index contributed by atoms with van der Waals surface area (Å²) >= 11 is 0. The third kappa shape index (κ3) is 5.47. The summed E-state index contributed by atoms with van der Waals surface area (Å²) in [6, 6.07) is 10.3. The average molecular weight is 398 g/mol. The van der Waals surface area contributed by atoms with E-state index in [1.165, 1.54) is 18.4 Å². The lowest BCUT2D eigenvalue weighted by Crippen LogP contribution is -2.22. The molecule has 0 fully saturated rings. The molecule has 27 heavy (non-hydrogen) atoms. The van der Waals surface area contributed by atoms with E-state index in [1.807, 2.05) is 12.1 Å². The third-order valence-electron chi connectivity index (χ3n) is 4.09. The number of nitrogens with zero attached hydrogens (tertiary/aromatic N) is 1. The van der Waals surface area contributed by atoms with Crippen molar-refractivity contribution in [3.05, 3.63) is 58.7 Å². The first-order valence-corrected chi connectivity index (χ1v) is 9.82. The molecule has 2 rings (SSSR count). The molecule has 5 nitrogen and oxygen atoms in total. The van der Waals surface area contributed by atoms with Gasteiger partial charge >= 0.3 is 6.61 Å². The maximum absolute atomic E-state index is 12.4. The van der Waals surface area contributed by atoms with Crippen molar-refractivity contribution in [1.82, 2.24) is 9.62 Å². The first-order chi connectivity index (χ1) is 12.6. The molecule has 8 heteroatoms. The second kappa shape index (κ2) is 8.77. The molecule has 0 amide bonds. The molecule has 0 aliphatic heterocycles. The highest BCUT2D eigenvalue weighted by Gasteiger charge is 2.16. The molecule has 2 aromatic carbocycles. The molecular formula is C19H24F2N2O3S. The molecular weight excluding hydrogens is 374 g/mol. The highest BCUT2D eigenvalue weighted by molar-refractivity contribution is 7.89. The number of halogens is 2. The molecule has 0 heterocycles. The van der Waals surface area contributed by atoms with E-state index >= 15 is 0 Å². The number of hydrogen-bond acceptors (Lipinski definition) is 4. The Balaban J connectivity index is 1.99. The van der Waals surface area contributed by atoms with Crippen LogP contribution in [-0.4, -0.2) is 33.4 Å². The van der Waals surface area contributed by atoms with Crippen molar-refractivity contribution in [2.24, 2.45) is 0 Å². The van der Waals surface area contributed by atoms with Crippen LogP contribution >= 0.6 is 0 Å². The van der Waals surface area contributed by atoms with E-state index < -0.39 is 16.6 Å². The summed E-state index contributed by atoms with van der Waals surface area (Å²) in [5.41, 5.74) is 3.22. The van der Waals surface area contributed by atoms with E-state index in [1.54, 1.807) is 38.1 Å². The van der Waals surface area contributed by atoms with Crippen molar-refractivity contribution in [2.45, 2.75) is 38.4 Å². The number of ether oxygens (including phenoxy) is 1. The van der Waals surface area contributed by atoms with Crippen LogP contribution in [0, 0.1) is 13.8 Å². The normalized spacial score (nSPS) is 12.0. The summed E-state index contributed by atoms with van der Waals surface area (Å²) in [5.74, 6) is 0.214. The maximum atomic E-state index is 12.4. The third-order valence-corrected chi connectivity index (χ3v) is 5.92. The van der Waals surface area contributed by atoms with Gasteiger partial charge in [-0.15, -0.1) is 0 Å². The van der Waals surface area contributed by atoms with E-state index in [-0.39, 0.29) is 10.6 Å². The van der Waals surface area contributed by atoms with Gasteiger partial charge in [0.15, 0.2) is 0 Å². The van der Waals surface area contributed by atoms with E-state index in [4.69, 9.17) is 0 Å². The Morgan fingerprint density at radius 3 is 2.00 bits per heavy atom. The van der Waals surface area contributed by atoms with Crippen molar-refractivity contribution in [1.29, 1.82) is 0 Å². The van der Waals surface area contributed by atoms with Crippen LogP contribution < -0.4 is 10.1 Å². The van der Waals surface area contributed by atoms with E-state index in [0.29, 0.717) is 24.2 Å². The Hall–Kier alpha value is -2.03. The van der Waals surface area contributed by atoms with Gasteiger partial charge in [0.05, 0.1) is 4.90 Å². The molecule has 148 valence electrons. The van der Waals surface area contributed by atoms with Crippen molar-refractivity contribution >= 4 is 10.0 Å². The molecule has 0 saturated carbocycles. The zero-order valence-electron chi connectivity index (χ0n) is 15.8. The van der Waals surface area contributed by atoms with Gasteiger partial charge in [-0.2, -0.15) is 8.78 Å². The minimum atomic E-state index is -3.43. The van der Waals surface area contributed by atoms with E-state index in [0.717, 1.165) is 11.1 Å². The number of sulfonamides is 1. The van der Waals surface area contributed by atoms with E-state index in [9.17, 15) is 17.2 Å². The van der Waals surface area contributed by atoms with Crippen molar-refractivity contribution in [2.75, 3.05) is 14.1 Å². The summed E-state index contributed by atoms with van der Waals surface area (Å²) in [6.07, 6.45) is 0.